The molecule has 2 aromatic heterocycles. The fourth-order valence-electron chi connectivity index (χ4n) is 2.04. The van der Waals surface area contributed by atoms with Crippen molar-refractivity contribution in [1.29, 1.82) is 0 Å². The molecule has 3 aromatic rings. The van der Waals surface area contributed by atoms with Crippen LogP contribution in [0.4, 0.5) is 0 Å². The first-order valence-electron chi connectivity index (χ1n) is 6.07. The largest absolute Gasteiger partial charge is 0.457 e. The van der Waals surface area contributed by atoms with Gasteiger partial charge < -0.3 is 9.52 Å². The molecule has 19 heavy (non-hydrogen) atoms. The number of aromatic nitrogens is 2. The van der Waals surface area contributed by atoms with Gasteiger partial charge in [0.2, 0.25) is 0 Å². The third-order valence-corrected chi connectivity index (χ3v) is 3.70. The van der Waals surface area contributed by atoms with Crippen molar-refractivity contribution in [3.63, 3.8) is 0 Å². The minimum absolute atomic E-state index is 0.526. The van der Waals surface area contributed by atoms with Gasteiger partial charge in [0.15, 0.2) is 0 Å². The highest BCUT2D eigenvalue weighted by atomic mass is 79.9. The van der Waals surface area contributed by atoms with Crippen LogP contribution in [0.15, 0.2) is 45.5 Å². The molecule has 1 atom stereocenters. The number of hydrogen-bond acceptors (Lipinski definition) is 3. The molecule has 0 aliphatic rings. The Morgan fingerprint density at radius 2 is 2.32 bits per heavy atom. The van der Waals surface area contributed by atoms with Gasteiger partial charge in [-0.2, -0.15) is 5.10 Å². The molecule has 0 aliphatic heterocycles. The van der Waals surface area contributed by atoms with Gasteiger partial charge in [0, 0.05) is 23.7 Å². The number of halogens is 1. The Morgan fingerprint density at radius 1 is 1.47 bits per heavy atom. The first-order valence-corrected chi connectivity index (χ1v) is 6.86. The summed E-state index contributed by atoms with van der Waals surface area (Å²) in [6.07, 6.45) is 2.70. The van der Waals surface area contributed by atoms with Gasteiger partial charge in [-0.05, 0) is 35.0 Å². The molecule has 4 nitrogen and oxygen atoms in total. The molecule has 0 saturated heterocycles. The van der Waals surface area contributed by atoms with Crippen LogP contribution in [0.5, 0.6) is 0 Å². The highest BCUT2D eigenvalue weighted by Gasteiger charge is 2.18. The molecule has 2 heterocycles. The Bertz CT molecular complexity index is 717. The quantitative estimate of drug-likeness (QED) is 0.803. The number of benzene rings is 1. The lowest BCUT2D eigenvalue weighted by Gasteiger charge is -2.03. The molecule has 1 unspecified atom stereocenters. The van der Waals surface area contributed by atoms with Crippen molar-refractivity contribution in [3.8, 4) is 0 Å². The lowest BCUT2D eigenvalue weighted by molar-refractivity contribution is 0.192. The summed E-state index contributed by atoms with van der Waals surface area (Å²) in [5.41, 5.74) is 1.48. The van der Waals surface area contributed by atoms with E-state index < -0.39 is 6.10 Å². The van der Waals surface area contributed by atoms with Gasteiger partial charge >= 0.3 is 0 Å². The molecule has 0 saturated carbocycles. The van der Waals surface area contributed by atoms with Gasteiger partial charge in [-0.1, -0.05) is 12.1 Å². The molecule has 98 valence electrons. The second kappa shape index (κ2) is 4.83. The molecule has 0 amide bonds. The van der Waals surface area contributed by atoms with Crippen molar-refractivity contribution in [1.82, 2.24) is 9.78 Å². The molecule has 0 radical (unpaired) electrons. The number of nitrogens with zero attached hydrogens (tertiary/aromatic N) is 2. The summed E-state index contributed by atoms with van der Waals surface area (Å²) in [6, 6.07) is 7.66. The van der Waals surface area contributed by atoms with E-state index in [9.17, 15) is 5.11 Å². The fraction of sp³-hybridized carbons (Fsp3) is 0.214. The summed E-state index contributed by atoms with van der Waals surface area (Å²) >= 11 is 3.44. The average molecular weight is 321 g/mol. The van der Waals surface area contributed by atoms with Crippen molar-refractivity contribution >= 4 is 26.9 Å². The lowest BCUT2D eigenvalue weighted by atomic mass is 10.1. The van der Waals surface area contributed by atoms with E-state index in [1.54, 1.807) is 10.9 Å². The molecule has 0 bridgehead atoms. The Kier molecular flexibility index (Phi) is 3.16. The van der Waals surface area contributed by atoms with Crippen molar-refractivity contribution in [2.75, 3.05) is 0 Å². The van der Waals surface area contributed by atoms with Gasteiger partial charge in [-0.25, -0.2) is 0 Å². The summed E-state index contributed by atoms with van der Waals surface area (Å²) in [6.45, 7) is 2.78. The number of aryl methyl sites for hydroxylation is 1. The highest BCUT2D eigenvalue weighted by Crippen LogP contribution is 2.31. The second-order valence-corrected chi connectivity index (χ2v) is 5.19. The SMILES string of the molecule is CCn1cc(C(O)c2cc3cccc(Br)c3o2)cn1. The number of aliphatic hydroxyl groups excluding tert-OH is 1. The van der Waals surface area contributed by atoms with Crippen molar-refractivity contribution in [3.05, 3.63) is 52.5 Å². The van der Waals surface area contributed by atoms with E-state index in [1.807, 2.05) is 37.4 Å². The number of furan rings is 1. The molecule has 0 fully saturated rings. The van der Waals surface area contributed by atoms with Crippen LogP contribution >= 0.6 is 15.9 Å². The Morgan fingerprint density at radius 3 is 3.00 bits per heavy atom. The summed E-state index contributed by atoms with van der Waals surface area (Å²) in [7, 11) is 0. The predicted octanol–water partition coefficient (Wildman–Crippen LogP) is 3.49. The van der Waals surface area contributed by atoms with E-state index in [4.69, 9.17) is 4.42 Å². The van der Waals surface area contributed by atoms with Crippen molar-refractivity contribution < 1.29 is 9.52 Å². The van der Waals surface area contributed by atoms with Gasteiger partial charge in [0.25, 0.3) is 0 Å². The van der Waals surface area contributed by atoms with Gasteiger partial charge in [-0.3, -0.25) is 4.68 Å². The number of para-hydroxylation sites is 1. The van der Waals surface area contributed by atoms with E-state index in [0.717, 1.165) is 27.6 Å². The third-order valence-electron chi connectivity index (χ3n) is 3.08. The zero-order chi connectivity index (χ0) is 13.4. The maximum absolute atomic E-state index is 10.3. The number of fused-ring (bicyclic) bond motifs is 1. The fourth-order valence-corrected chi connectivity index (χ4v) is 2.50. The van der Waals surface area contributed by atoms with Crippen LogP contribution < -0.4 is 0 Å². The summed E-state index contributed by atoms with van der Waals surface area (Å²) in [4.78, 5) is 0. The first-order chi connectivity index (χ1) is 9.19. The second-order valence-electron chi connectivity index (χ2n) is 4.34. The third kappa shape index (κ3) is 2.19. The first kappa shape index (κ1) is 12.4. The van der Waals surface area contributed by atoms with Crippen LogP contribution in [0.25, 0.3) is 11.0 Å². The van der Waals surface area contributed by atoms with E-state index in [1.165, 1.54) is 0 Å². The summed E-state index contributed by atoms with van der Waals surface area (Å²) < 4.78 is 8.38. The minimum atomic E-state index is -0.792. The average Bonchev–Trinajstić information content (AvgIpc) is 3.05. The molecule has 1 aromatic carbocycles. The zero-order valence-corrected chi connectivity index (χ0v) is 12.0. The Hall–Kier alpha value is -1.59. The highest BCUT2D eigenvalue weighted by molar-refractivity contribution is 9.10. The minimum Gasteiger partial charge on any atom is -0.457 e. The number of rotatable bonds is 3. The van der Waals surface area contributed by atoms with Crippen LogP contribution in [0.1, 0.15) is 24.4 Å². The van der Waals surface area contributed by atoms with Crippen LogP contribution in [-0.2, 0) is 6.54 Å². The van der Waals surface area contributed by atoms with E-state index in [2.05, 4.69) is 21.0 Å². The van der Waals surface area contributed by atoms with Gasteiger partial charge in [-0.15, -0.1) is 0 Å². The van der Waals surface area contributed by atoms with Crippen molar-refractivity contribution in [2.24, 2.45) is 0 Å². The zero-order valence-electron chi connectivity index (χ0n) is 10.4. The monoisotopic (exact) mass is 320 g/mol. The molecule has 3 rings (SSSR count). The molecular formula is C14H13BrN2O2. The molecule has 5 heteroatoms. The normalized spacial score (nSPS) is 13.0. The van der Waals surface area contributed by atoms with E-state index in [-0.39, 0.29) is 0 Å². The van der Waals surface area contributed by atoms with Crippen LogP contribution in [0, 0.1) is 0 Å². The lowest BCUT2D eigenvalue weighted by Crippen LogP contribution is -1.97. The van der Waals surface area contributed by atoms with E-state index in [0.29, 0.717) is 5.76 Å². The standard InChI is InChI=1S/C14H13BrN2O2/c1-2-17-8-10(7-16-17)13(18)12-6-9-4-3-5-11(15)14(9)19-12/h3-8,13,18H,2H2,1H3. The maximum Gasteiger partial charge on any atom is 0.148 e. The summed E-state index contributed by atoms with van der Waals surface area (Å²) in [5, 5.41) is 15.5. The number of aliphatic hydroxyl groups is 1. The van der Waals surface area contributed by atoms with Crippen LogP contribution in [-0.4, -0.2) is 14.9 Å². The predicted molar refractivity (Wildman–Crippen MR) is 75.9 cm³/mol. The topological polar surface area (TPSA) is 51.2 Å². The number of hydrogen-bond donors (Lipinski definition) is 1. The van der Waals surface area contributed by atoms with E-state index >= 15 is 0 Å². The molecule has 0 aliphatic carbocycles. The van der Waals surface area contributed by atoms with Gasteiger partial charge in [0.1, 0.15) is 17.4 Å². The van der Waals surface area contributed by atoms with Crippen LogP contribution in [0.2, 0.25) is 0 Å². The Labute approximate surface area is 118 Å². The smallest absolute Gasteiger partial charge is 0.148 e. The molecular weight excluding hydrogens is 308 g/mol. The Balaban J connectivity index is 2.01. The molecule has 1 N–H and O–H groups in total. The molecule has 0 spiro atoms. The summed E-state index contributed by atoms with van der Waals surface area (Å²) in [5.74, 6) is 0.526. The maximum atomic E-state index is 10.3. The van der Waals surface area contributed by atoms with Crippen LogP contribution in [0.3, 0.4) is 0 Å². The van der Waals surface area contributed by atoms with Gasteiger partial charge in [0.05, 0.1) is 10.7 Å². The van der Waals surface area contributed by atoms with Crippen molar-refractivity contribution in [2.45, 2.75) is 19.6 Å².